The topological polar surface area (TPSA) is 28.7 Å². The fourth-order valence-electron chi connectivity index (χ4n) is 3.61. The summed E-state index contributed by atoms with van der Waals surface area (Å²) < 4.78 is 5.24. The van der Waals surface area contributed by atoms with Crippen LogP contribution in [0.25, 0.3) is 0 Å². The van der Waals surface area contributed by atoms with E-state index in [1.807, 2.05) is 12.1 Å². The minimum absolute atomic E-state index is 0.891. The lowest BCUT2D eigenvalue weighted by atomic mass is 10.3. The zero-order valence-corrected chi connectivity index (χ0v) is 16.8. The highest BCUT2D eigenvalue weighted by Crippen LogP contribution is 2.22. The Morgan fingerprint density at radius 1 is 0.679 bits per heavy atom. The van der Waals surface area contributed by atoms with Crippen molar-refractivity contribution in [1.29, 1.82) is 0 Å². The Morgan fingerprint density at radius 3 is 1.79 bits per heavy atom. The van der Waals surface area contributed by atoms with Gasteiger partial charge in [0.1, 0.15) is 5.75 Å². The maximum atomic E-state index is 5.24. The molecule has 1 aromatic rings. The van der Waals surface area contributed by atoms with Gasteiger partial charge < -0.3 is 34.1 Å². The number of hydrogen-bond acceptors (Lipinski definition) is 7. The predicted molar refractivity (Wildman–Crippen MR) is 112 cm³/mol. The lowest BCUT2D eigenvalue weighted by molar-refractivity contribution is 0.218. The first-order valence-electron chi connectivity index (χ1n) is 9.82. The van der Waals surface area contributed by atoms with Crippen molar-refractivity contribution in [1.82, 2.24) is 24.5 Å². The Kier molecular flexibility index (Phi) is 5.50. The molecule has 150 valence electrons. The van der Waals surface area contributed by atoms with Crippen LogP contribution < -0.4 is 9.64 Å². The molecule has 0 spiro atoms. The highest BCUT2D eigenvalue weighted by Gasteiger charge is 2.17. The highest BCUT2D eigenvalue weighted by molar-refractivity contribution is 5.52. The first-order chi connectivity index (χ1) is 13.7. The molecule has 0 N–H and O–H groups in total. The number of nitrogens with zero attached hydrogens (tertiary/aromatic N) is 6. The first-order valence-corrected chi connectivity index (χ1v) is 9.82. The van der Waals surface area contributed by atoms with Crippen molar-refractivity contribution >= 4 is 5.69 Å². The molecule has 4 rings (SSSR count). The Morgan fingerprint density at radius 2 is 1.21 bits per heavy atom. The smallest absolute Gasteiger partial charge is 0.119 e. The highest BCUT2D eigenvalue weighted by atomic mass is 16.5. The van der Waals surface area contributed by atoms with E-state index in [1.165, 1.54) is 5.69 Å². The Hall–Kier alpha value is -2.96. The molecule has 0 aromatic heterocycles. The fourth-order valence-corrected chi connectivity index (χ4v) is 3.61. The fraction of sp³-hybridized carbons (Fsp3) is 0.429. The van der Waals surface area contributed by atoms with Crippen LogP contribution in [0.5, 0.6) is 5.75 Å². The summed E-state index contributed by atoms with van der Waals surface area (Å²) in [6.45, 7) is 7.02. The zero-order chi connectivity index (χ0) is 19.3. The lowest BCUT2D eigenvalue weighted by Crippen LogP contribution is -2.36. The molecule has 0 radical (unpaired) electrons. The molecule has 0 bridgehead atoms. The van der Waals surface area contributed by atoms with Gasteiger partial charge in [0.25, 0.3) is 0 Å². The van der Waals surface area contributed by atoms with E-state index in [4.69, 9.17) is 4.74 Å². The minimum Gasteiger partial charge on any atom is -0.497 e. The summed E-state index contributed by atoms with van der Waals surface area (Å²) in [5, 5.41) is 0. The molecule has 0 saturated carbocycles. The van der Waals surface area contributed by atoms with E-state index in [0.29, 0.717) is 0 Å². The molecule has 0 amide bonds. The summed E-state index contributed by atoms with van der Waals surface area (Å²) in [5.41, 5.74) is 1.19. The SMILES string of the molecule is COc1ccc(N2C=CN(CCN3C=CN(CCN4C=CN(C)C4)C3)C2)cc1. The Balaban J connectivity index is 1.15. The number of methoxy groups -OCH3 is 1. The van der Waals surface area contributed by atoms with Crippen LogP contribution in [0.15, 0.2) is 61.5 Å². The normalized spacial score (nSPS) is 18.4. The van der Waals surface area contributed by atoms with Crippen molar-refractivity contribution in [3.8, 4) is 5.75 Å². The molecule has 0 aliphatic carbocycles. The Labute approximate surface area is 167 Å². The maximum absolute atomic E-state index is 5.24. The summed E-state index contributed by atoms with van der Waals surface area (Å²) in [6.07, 6.45) is 13.1. The van der Waals surface area contributed by atoms with Gasteiger partial charge >= 0.3 is 0 Å². The molecule has 7 heteroatoms. The van der Waals surface area contributed by atoms with Crippen molar-refractivity contribution in [2.75, 3.05) is 65.2 Å². The van der Waals surface area contributed by atoms with E-state index in [1.54, 1.807) is 7.11 Å². The summed E-state index contributed by atoms with van der Waals surface area (Å²) in [6, 6.07) is 8.21. The molecule has 3 heterocycles. The molecule has 0 saturated heterocycles. The van der Waals surface area contributed by atoms with Crippen molar-refractivity contribution in [2.45, 2.75) is 0 Å². The second-order valence-corrected chi connectivity index (χ2v) is 7.49. The van der Waals surface area contributed by atoms with E-state index in [0.717, 1.165) is 51.9 Å². The van der Waals surface area contributed by atoms with Crippen molar-refractivity contribution in [3.63, 3.8) is 0 Å². The number of rotatable bonds is 8. The third kappa shape index (κ3) is 4.47. The van der Waals surface area contributed by atoms with Gasteiger partial charge in [-0.1, -0.05) is 0 Å². The van der Waals surface area contributed by atoms with Crippen LogP contribution in [0.1, 0.15) is 0 Å². The van der Waals surface area contributed by atoms with E-state index in [9.17, 15) is 0 Å². The van der Waals surface area contributed by atoms with E-state index >= 15 is 0 Å². The molecule has 28 heavy (non-hydrogen) atoms. The monoisotopic (exact) mass is 382 g/mol. The van der Waals surface area contributed by atoms with Crippen molar-refractivity contribution in [3.05, 3.63) is 61.5 Å². The summed E-state index contributed by atoms with van der Waals surface area (Å²) in [5.74, 6) is 0.891. The molecule has 0 atom stereocenters. The Bertz CT molecular complexity index is 731. The van der Waals surface area contributed by atoms with Crippen LogP contribution in [0, 0.1) is 0 Å². The number of anilines is 1. The van der Waals surface area contributed by atoms with Gasteiger partial charge in [0.15, 0.2) is 0 Å². The summed E-state index contributed by atoms with van der Waals surface area (Å²) in [7, 11) is 3.80. The van der Waals surface area contributed by atoms with Gasteiger partial charge in [0.2, 0.25) is 0 Å². The molecule has 3 aliphatic heterocycles. The number of ether oxygens (including phenoxy) is 1. The third-order valence-corrected chi connectivity index (χ3v) is 5.33. The van der Waals surface area contributed by atoms with Crippen LogP contribution in [-0.4, -0.2) is 84.8 Å². The molecule has 1 aromatic carbocycles. The van der Waals surface area contributed by atoms with Crippen LogP contribution in [-0.2, 0) is 0 Å². The quantitative estimate of drug-likeness (QED) is 0.679. The molecule has 0 unspecified atom stereocenters. The molecular weight excluding hydrogens is 352 g/mol. The second-order valence-electron chi connectivity index (χ2n) is 7.49. The molecule has 0 fully saturated rings. The standard InChI is InChI=1S/C21H30N6O/c1-22-7-8-23(17-22)9-10-24-11-12-25(18-24)13-14-26-15-16-27(19-26)20-3-5-21(28-2)6-4-20/h3-8,11-12,15-16H,9-10,13-14,17-19H2,1-2H3. The van der Waals surface area contributed by atoms with Gasteiger partial charge in [-0.05, 0) is 24.3 Å². The van der Waals surface area contributed by atoms with E-state index in [-0.39, 0.29) is 0 Å². The van der Waals surface area contributed by atoms with E-state index < -0.39 is 0 Å². The number of benzene rings is 1. The lowest BCUT2D eigenvalue weighted by Gasteiger charge is -2.26. The largest absolute Gasteiger partial charge is 0.497 e. The van der Waals surface area contributed by atoms with Gasteiger partial charge in [-0.3, -0.25) is 0 Å². The third-order valence-electron chi connectivity index (χ3n) is 5.33. The second kappa shape index (κ2) is 8.37. The summed E-state index contributed by atoms with van der Waals surface area (Å²) in [4.78, 5) is 13.9. The first kappa shape index (κ1) is 18.4. The number of hydrogen-bond donors (Lipinski definition) is 0. The van der Waals surface area contributed by atoms with Crippen LogP contribution in [0.4, 0.5) is 5.69 Å². The van der Waals surface area contributed by atoms with Crippen molar-refractivity contribution < 1.29 is 4.74 Å². The van der Waals surface area contributed by atoms with Crippen LogP contribution in [0.3, 0.4) is 0 Å². The molecule has 7 nitrogen and oxygen atoms in total. The van der Waals surface area contributed by atoms with Crippen LogP contribution in [0.2, 0.25) is 0 Å². The molecular formula is C21H30N6O. The van der Waals surface area contributed by atoms with Gasteiger partial charge in [-0.2, -0.15) is 0 Å². The summed E-state index contributed by atoms with van der Waals surface area (Å²) >= 11 is 0. The van der Waals surface area contributed by atoms with E-state index in [2.05, 4.69) is 85.8 Å². The maximum Gasteiger partial charge on any atom is 0.119 e. The van der Waals surface area contributed by atoms with Crippen LogP contribution >= 0.6 is 0 Å². The predicted octanol–water partition coefficient (Wildman–Crippen LogP) is 1.97. The average molecular weight is 383 g/mol. The zero-order valence-electron chi connectivity index (χ0n) is 16.8. The van der Waals surface area contributed by atoms with Gasteiger partial charge in [0, 0.05) is 76.1 Å². The van der Waals surface area contributed by atoms with Gasteiger partial charge in [0.05, 0.1) is 27.1 Å². The minimum atomic E-state index is 0.891. The van der Waals surface area contributed by atoms with Gasteiger partial charge in [-0.25, -0.2) is 0 Å². The van der Waals surface area contributed by atoms with Crippen molar-refractivity contribution in [2.24, 2.45) is 0 Å². The van der Waals surface area contributed by atoms with Gasteiger partial charge in [-0.15, -0.1) is 0 Å². The molecule has 3 aliphatic rings. The average Bonchev–Trinajstić information content (AvgIpc) is 3.46.